The average molecular weight is 442 g/mol. The fourth-order valence-electron chi connectivity index (χ4n) is 1.46. The van der Waals surface area contributed by atoms with Crippen LogP contribution in [0, 0.1) is 0 Å². The number of pyridine rings is 1. The number of halogens is 4. The number of benzene rings is 1. The molecule has 0 fully saturated rings. The fraction of sp³-hybridized carbons (Fsp3) is 0.154. The highest BCUT2D eigenvalue weighted by Crippen LogP contribution is 2.39. The largest absolute Gasteiger partial charge is 0.496 e. The molecule has 0 bridgehead atoms. The zero-order chi connectivity index (χ0) is 14.7. The van der Waals surface area contributed by atoms with Gasteiger partial charge in [0.25, 0.3) is 0 Å². The molecule has 2 rings (SSSR count). The van der Waals surface area contributed by atoms with Crippen LogP contribution in [0.3, 0.4) is 0 Å². The maximum absolute atomic E-state index is 6.11. The van der Waals surface area contributed by atoms with E-state index in [1.807, 2.05) is 0 Å². The minimum atomic E-state index is 0.318. The van der Waals surface area contributed by atoms with E-state index in [0.717, 1.165) is 14.5 Å². The lowest BCUT2D eigenvalue weighted by Crippen LogP contribution is -1.93. The molecule has 7 heteroatoms. The molecular weight excluding hydrogens is 433 g/mol. The van der Waals surface area contributed by atoms with Crippen molar-refractivity contribution in [1.82, 2.24) is 4.98 Å². The number of alkyl halides is 1. The predicted molar refractivity (Wildman–Crippen MR) is 87.3 cm³/mol. The van der Waals surface area contributed by atoms with Crippen molar-refractivity contribution < 1.29 is 9.47 Å². The van der Waals surface area contributed by atoms with Crippen molar-refractivity contribution in [1.29, 1.82) is 0 Å². The van der Waals surface area contributed by atoms with Crippen molar-refractivity contribution in [2.75, 3.05) is 7.11 Å². The van der Waals surface area contributed by atoms with E-state index in [0.29, 0.717) is 28.3 Å². The maximum atomic E-state index is 6.11. The van der Waals surface area contributed by atoms with Gasteiger partial charge in [0, 0.05) is 12.1 Å². The van der Waals surface area contributed by atoms with Crippen molar-refractivity contribution in [2.45, 2.75) is 5.88 Å². The molecule has 0 amide bonds. The first-order valence-electron chi connectivity index (χ1n) is 5.46. The lowest BCUT2D eigenvalue weighted by molar-refractivity contribution is 0.408. The van der Waals surface area contributed by atoms with Gasteiger partial charge in [0.2, 0.25) is 5.88 Å². The van der Waals surface area contributed by atoms with Gasteiger partial charge in [-0.1, -0.05) is 11.6 Å². The van der Waals surface area contributed by atoms with Crippen LogP contribution in [0.4, 0.5) is 0 Å². The topological polar surface area (TPSA) is 31.4 Å². The van der Waals surface area contributed by atoms with Gasteiger partial charge in [-0.3, -0.25) is 0 Å². The van der Waals surface area contributed by atoms with Crippen molar-refractivity contribution >= 4 is 55.1 Å². The number of aromatic nitrogens is 1. The molecule has 0 aliphatic rings. The highest BCUT2D eigenvalue weighted by molar-refractivity contribution is 9.11. The van der Waals surface area contributed by atoms with Crippen LogP contribution < -0.4 is 9.47 Å². The van der Waals surface area contributed by atoms with Crippen LogP contribution in [0.15, 0.2) is 33.3 Å². The van der Waals surface area contributed by atoms with Gasteiger partial charge in [-0.25, -0.2) is 4.98 Å². The minimum absolute atomic E-state index is 0.318. The second-order valence-corrected chi connectivity index (χ2v) is 6.17. The second kappa shape index (κ2) is 6.98. The van der Waals surface area contributed by atoms with Crippen molar-refractivity contribution in [3.63, 3.8) is 0 Å². The summed E-state index contributed by atoms with van der Waals surface area (Å²) in [7, 11) is 1.59. The summed E-state index contributed by atoms with van der Waals surface area (Å²) in [5, 5.41) is 0.405. The maximum Gasteiger partial charge on any atom is 0.238 e. The summed E-state index contributed by atoms with van der Waals surface area (Å²) in [5.41, 5.74) is 0.832. The monoisotopic (exact) mass is 439 g/mol. The van der Waals surface area contributed by atoms with Gasteiger partial charge in [-0.15, -0.1) is 11.6 Å². The molecule has 0 spiro atoms. The molecule has 0 atom stereocenters. The van der Waals surface area contributed by atoms with Crippen LogP contribution in [-0.2, 0) is 5.88 Å². The summed E-state index contributed by atoms with van der Waals surface area (Å²) in [6.45, 7) is 0. The van der Waals surface area contributed by atoms with Crippen LogP contribution in [0.5, 0.6) is 17.4 Å². The van der Waals surface area contributed by atoms with E-state index in [1.165, 1.54) is 0 Å². The molecule has 1 aromatic carbocycles. The van der Waals surface area contributed by atoms with E-state index in [4.69, 9.17) is 32.7 Å². The fourth-order valence-corrected chi connectivity index (χ4v) is 2.72. The van der Waals surface area contributed by atoms with Crippen molar-refractivity contribution in [2.24, 2.45) is 0 Å². The molecule has 1 heterocycles. The SMILES string of the molecule is COc1cc(Br)c(Oc2ncc(CCl)cc2Cl)cc1Br. The number of ether oxygens (including phenoxy) is 2. The normalized spacial score (nSPS) is 10.4. The van der Waals surface area contributed by atoms with Gasteiger partial charge in [0.15, 0.2) is 0 Å². The predicted octanol–water partition coefficient (Wildman–Crippen LogP) is 5.80. The number of nitrogens with zero attached hydrogens (tertiary/aromatic N) is 1. The summed E-state index contributed by atoms with van der Waals surface area (Å²) in [6.07, 6.45) is 1.63. The summed E-state index contributed by atoms with van der Waals surface area (Å²) in [6, 6.07) is 5.29. The van der Waals surface area contributed by atoms with Crippen molar-refractivity contribution in [3.8, 4) is 17.4 Å². The zero-order valence-electron chi connectivity index (χ0n) is 10.3. The Kier molecular flexibility index (Phi) is 5.55. The van der Waals surface area contributed by atoms with Crippen LogP contribution in [0.2, 0.25) is 5.02 Å². The molecule has 3 nitrogen and oxygen atoms in total. The molecule has 0 aliphatic heterocycles. The summed E-state index contributed by atoms with van der Waals surface area (Å²) < 4.78 is 12.4. The van der Waals surface area contributed by atoms with Gasteiger partial charge >= 0.3 is 0 Å². The summed E-state index contributed by atoms with van der Waals surface area (Å²) >= 11 is 18.6. The second-order valence-electron chi connectivity index (χ2n) is 3.78. The Labute approximate surface area is 143 Å². The number of hydrogen-bond donors (Lipinski definition) is 0. The smallest absolute Gasteiger partial charge is 0.238 e. The van der Waals surface area contributed by atoms with Gasteiger partial charge < -0.3 is 9.47 Å². The lowest BCUT2D eigenvalue weighted by atomic mass is 10.3. The Bertz CT molecular complexity index is 638. The minimum Gasteiger partial charge on any atom is -0.496 e. The molecule has 0 saturated heterocycles. The summed E-state index contributed by atoms with van der Waals surface area (Å²) in [5.74, 6) is 1.94. The van der Waals surface area contributed by atoms with Crippen LogP contribution >= 0.6 is 55.1 Å². The van der Waals surface area contributed by atoms with Crippen LogP contribution in [0.25, 0.3) is 0 Å². The standard InChI is InChI=1S/C13H9Br2Cl2NO2/c1-19-11-3-9(15)12(4-8(11)14)20-13-10(17)2-7(5-16)6-18-13/h2-4,6H,5H2,1H3. The molecule has 106 valence electrons. The first kappa shape index (κ1) is 15.9. The Morgan fingerprint density at radius 2 is 1.80 bits per heavy atom. The van der Waals surface area contributed by atoms with E-state index < -0.39 is 0 Å². The molecular formula is C13H9Br2Cl2NO2. The molecule has 0 saturated carbocycles. The first-order chi connectivity index (χ1) is 9.55. The first-order valence-corrected chi connectivity index (χ1v) is 7.96. The van der Waals surface area contributed by atoms with Crippen LogP contribution in [0.1, 0.15) is 5.56 Å². The Balaban J connectivity index is 2.32. The average Bonchev–Trinajstić information content (AvgIpc) is 2.44. The van der Waals surface area contributed by atoms with Crippen LogP contribution in [-0.4, -0.2) is 12.1 Å². The van der Waals surface area contributed by atoms with Gasteiger partial charge in [-0.2, -0.15) is 0 Å². The lowest BCUT2D eigenvalue weighted by Gasteiger charge is -2.11. The number of hydrogen-bond acceptors (Lipinski definition) is 3. The molecule has 0 radical (unpaired) electrons. The highest BCUT2D eigenvalue weighted by atomic mass is 79.9. The van der Waals surface area contributed by atoms with E-state index >= 15 is 0 Å². The van der Waals surface area contributed by atoms with Gasteiger partial charge in [-0.05, 0) is 55.6 Å². The molecule has 2 aromatic rings. The Morgan fingerprint density at radius 3 is 2.40 bits per heavy atom. The van der Waals surface area contributed by atoms with E-state index in [1.54, 1.807) is 31.5 Å². The molecule has 0 aliphatic carbocycles. The number of methoxy groups -OCH3 is 1. The van der Waals surface area contributed by atoms with Crippen molar-refractivity contribution in [3.05, 3.63) is 43.9 Å². The van der Waals surface area contributed by atoms with E-state index in [2.05, 4.69) is 36.8 Å². The quantitative estimate of drug-likeness (QED) is 0.562. The van der Waals surface area contributed by atoms with Gasteiger partial charge in [0.1, 0.15) is 16.5 Å². The van der Waals surface area contributed by atoms with E-state index in [9.17, 15) is 0 Å². The molecule has 0 N–H and O–H groups in total. The number of rotatable bonds is 4. The summed E-state index contributed by atoms with van der Waals surface area (Å²) in [4.78, 5) is 4.15. The third-order valence-electron chi connectivity index (χ3n) is 2.43. The Morgan fingerprint density at radius 1 is 1.15 bits per heavy atom. The third-order valence-corrected chi connectivity index (χ3v) is 4.25. The third kappa shape index (κ3) is 3.58. The Hall–Kier alpha value is -0.490. The van der Waals surface area contributed by atoms with Gasteiger partial charge in [0.05, 0.1) is 16.1 Å². The van der Waals surface area contributed by atoms with E-state index in [-0.39, 0.29) is 0 Å². The highest BCUT2D eigenvalue weighted by Gasteiger charge is 2.12. The molecule has 20 heavy (non-hydrogen) atoms. The molecule has 0 unspecified atom stereocenters. The molecule has 1 aromatic heterocycles. The zero-order valence-corrected chi connectivity index (χ0v) is 15.0.